The summed E-state index contributed by atoms with van der Waals surface area (Å²) >= 11 is 0. The highest BCUT2D eigenvalue weighted by Gasteiger charge is 2.34. The molecule has 2 heterocycles. The van der Waals surface area contributed by atoms with Crippen molar-refractivity contribution in [1.82, 2.24) is 15.2 Å². The van der Waals surface area contributed by atoms with Gasteiger partial charge >= 0.3 is 6.09 Å². The van der Waals surface area contributed by atoms with Gasteiger partial charge in [0.15, 0.2) is 0 Å². The number of aromatic nitrogens is 1. The van der Waals surface area contributed by atoms with Crippen molar-refractivity contribution in [3.63, 3.8) is 0 Å². The second-order valence-corrected chi connectivity index (χ2v) is 6.49. The molecule has 0 aromatic carbocycles. The van der Waals surface area contributed by atoms with Crippen LogP contribution in [0.4, 0.5) is 4.79 Å². The van der Waals surface area contributed by atoms with Crippen molar-refractivity contribution in [1.29, 1.82) is 0 Å². The zero-order valence-electron chi connectivity index (χ0n) is 15.1. The fourth-order valence-corrected chi connectivity index (χ4v) is 2.66. The molecule has 25 heavy (non-hydrogen) atoms. The summed E-state index contributed by atoms with van der Waals surface area (Å²) in [6.45, 7) is 9.38. The van der Waals surface area contributed by atoms with Gasteiger partial charge in [-0.3, -0.25) is 9.78 Å². The number of hydrogen-bond donors (Lipinski definition) is 1. The molecule has 1 N–H and O–H groups in total. The van der Waals surface area contributed by atoms with Gasteiger partial charge < -0.3 is 19.7 Å². The summed E-state index contributed by atoms with van der Waals surface area (Å²) in [4.78, 5) is 30.5. The smallest absolute Gasteiger partial charge is 0.408 e. The third-order valence-electron chi connectivity index (χ3n) is 3.76. The van der Waals surface area contributed by atoms with Crippen LogP contribution < -0.4 is 5.32 Å². The predicted octanol–water partition coefficient (Wildman–Crippen LogP) is 1.98. The highest BCUT2D eigenvalue weighted by molar-refractivity contribution is 5.89. The van der Waals surface area contributed by atoms with Crippen LogP contribution in [0.5, 0.6) is 0 Å². The van der Waals surface area contributed by atoms with Gasteiger partial charge in [-0.15, -0.1) is 12.4 Å². The highest BCUT2D eigenvalue weighted by Crippen LogP contribution is 2.12. The number of ether oxygens (including phenoxy) is 2. The first-order valence-corrected chi connectivity index (χ1v) is 8.04. The molecular weight excluding hydrogens is 346 g/mol. The Bertz CT molecular complexity index is 596. The number of nitrogens with zero attached hydrogens (tertiary/aromatic N) is 2. The largest absolute Gasteiger partial charge is 0.445 e. The van der Waals surface area contributed by atoms with E-state index in [9.17, 15) is 9.59 Å². The summed E-state index contributed by atoms with van der Waals surface area (Å²) in [5, 5.41) is 2.64. The number of rotatable bonds is 4. The van der Waals surface area contributed by atoms with Gasteiger partial charge in [-0.1, -0.05) is 0 Å². The number of aryl methyl sites for hydroxylation is 2. The van der Waals surface area contributed by atoms with Crippen LogP contribution in [-0.4, -0.2) is 53.7 Å². The molecule has 1 aliphatic rings. The lowest BCUT2D eigenvalue weighted by molar-refractivity contribution is -0.141. The summed E-state index contributed by atoms with van der Waals surface area (Å²) in [5.41, 5.74) is 1.58. The molecule has 0 aliphatic carbocycles. The number of nitrogens with one attached hydrogen (secondary N) is 1. The number of amides is 2. The molecule has 7 nitrogen and oxygen atoms in total. The lowest BCUT2D eigenvalue weighted by Gasteiger charge is -2.34. The fourth-order valence-electron chi connectivity index (χ4n) is 2.66. The second kappa shape index (κ2) is 9.01. The molecule has 0 bridgehead atoms. The van der Waals surface area contributed by atoms with Crippen LogP contribution in [0.1, 0.15) is 30.8 Å². The van der Waals surface area contributed by atoms with Crippen LogP contribution in [0.3, 0.4) is 0 Å². The zero-order valence-corrected chi connectivity index (χ0v) is 15.9. The molecule has 1 saturated heterocycles. The Morgan fingerprint density at radius 1 is 1.24 bits per heavy atom. The minimum atomic E-state index is -1.03. The van der Waals surface area contributed by atoms with Crippen molar-refractivity contribution in [3.05, 3.63) is 29.1 Å². The summed E-state index contributed by atoms with van der Waals surface area (Å²) in [7, 11) is 0. The van der Waals surface area contributed by atoms with E-state index in [4.69, 9.17) is 9.47 Å². The quantitative estimate of drug-likeness (QED) is 0.875. The van der Waals surface area contributed by atoms with E-state index >= 15 is 0 Å². The Morgan fingerprint density at radius 3 is 2.36 bits per heavy atom. The predicted molar refractivity (Wildman–Crippen MR) is 95.8 cm³/mol. The molecule has 1 fully saturated rings. The summed E-state index contributed by atoms with van der Waals surface area (Å²) in [6, 6.07) is 3.73. The molecule has 1 aliphatic heterocycles. The van der Waals surface area contributed by atoms with Crippen LogP contribution in [0.2, 0.25) is 0 Å². The van der Waals surface area contributed by atoms with Gasteiger partial charge in [0.25, 0.3) is 0 Å². The normalized spacial score (nSPS) is 14.5. The monoisotopic (exact) mass is 371 g/mol. The SMILES string of the molecule is Cc1cc(COC(=O)NC(C)(C)C(=O)N2CCOCC2)cc(C)n1.Cl. The highest BCUT2D eigenvalue weighted by atomic mass is 35.5. The van der Waals surface area contributed by atoms with Crippen LogP contribution in [0.15, 0.2) is 12.1 Å². The molecule has 0 spiro atoms. The van der Waals surface area contributed by atoms with Crippen molar-refractivity contribution in [2.45, 2.75) is 39.8 Å². The van der Waals surface area contributed by atoms with Gasteiger partial charge in [0.2, 0.25) is 5.91 Å². The number of morpholine rings is 1. The minimum Gasteiger partial charge on any atom is -0.445 e. The Labute approximate surface area is 154 Å². The number of alkyl carbamates (subject to hydrolysis) is 1. The van der Waals surface area contributed by atoms with Crippen LogP contribution >= 0.6 is 12.4 Å². The van der Waals surface area contributed by atoms with Gasteiger partial charge in [-0.25, -0.2) is 4.79 Å². The molecule has 8 heteroatoms. The van der Waals surface area contributed by atoms with Gasteiger partial charge in [0.1, 0.15) is 12.1 Å². The Kier molecular flexibility index (Phi) is 7.63. The molecular formula is C17H26ClN3O4. The number of halogens is 1. The zero-order chi connectivity index (χ0) is 17.7. The maximum atomic E-state index is 12.5. The van der Waals surface area contributed by atoms with E-state index in [1.165, 1.54) is 0 Å². The van der Waals surface area contributed by atoms with Crippen molar-refractivity contribution in [3.8, 4) is 0 Å². The first-order valence-electron chi connectivity index (χ1n) is 8.04. The first kappa shape index (κ1) is 21.2. The van der Waals surface area contributed by atoms with Crippen molar-refractivity contribution < 1.29 is 19.1 Å². The molecule has 0 unspecified atom stereocenters. The van der Waals surface area contributed by atoms with Crippen LogP contribution in [0, 0.1) is 13.8 Å². The fraction of sp³-hybridized carbons (Fsp3) is 0.588. The van der Waals surface area contributed by atoms with E-state index < -0.39 is 11.6 Å². The van der Waals surface area contributed by atoms with E-state index in [1.807, 2.05) is 26.0 Å². The maximum absolute atomic E-state index is 12.5. The van der Waals surface area contributed by atoms with E-state index in [-0.39, 0.29) is 24.9 Å². The lowest BCUT2D eigenvalue weighted by Crippen LogP contribution is -2.58. The Morgan fingerprint density at radius 2 is 1.80 bits per heavy atom. The third kappa shape index (κ3) is 6.17. The van der Waals surface area contributed by atoms with Crippen molar-refractivity contribution in [2.75, 3.05) is 26.3 Å². The molecule has 0 radical (unpaired) electrons. The van der Waals surface area contributed by atoms with Gasteiger partial charge in [-0.2, -0.15) is 0 Å². The number of pyridine rings is 1. The van der Waals surface area contributed by atoms with Crippen molar-refractivity contribution >= 4 is 24.4 Å². The molecule has 2 rings (SSSR count). The van der Waals surface area contributed by atoms with Crippen molar-refractivity contribution in [2.24, 2.45) is 0 Å². The molecule has 140 valence electrons. The van der Waals surface area contributed by atoms with E-state index in [0.29, 0.717) is 26.3 Å². The standard InChI is InChI=1S/C17H25N3O4.ClH/c1-12-9-14(10-13(2)18-12)11-24-16(22)19-17(3,4)15(21)20-5-7-23-8-6-20;/h9-10H,5-8,11H2,1-4H3,(H,19,22);1H. The number of hydrogen-bond acceptors (Lipinski definition) is 5. The molecule has 2 amide bonds. The maximum Gasteiger partial charge on any atom is 0.408 e. The van der Waals surface area contributed by atoms with Crippen LogP contribution in [-0.2, 0) is 20.9 Å². The first-order chi connectivity index (χ1) is 11.3. The summed E-state index contributed by atoms with van der Waals surface area (Å²) in [6.07, 6.45) is -0.617. The molecule has 1 aromatic rings. The van der Waals surface area contributed by atoms with E-state index in [0.717, 1.165) is 17.0 Å². The second-order valence-electron chi connectivity index (χ2n) is 6.49. The number of carbonyl (C=O) groups excluding carboxylic acids is 2. The number of carbonyl (C=O) groups is 2. The topological polar surface area (TPSA) is 80.8 Å². The Balaban J connectivity index is 0.00000312. The minimum absolute atomic E-state index is 0. The Hall–Kier alpha value is -1.86. The third-order valence-corrected chi connectivity index (χ3v) is 3.76. The average Bonchev–Trinajstić information content (AvgIpc) is 2.52. The lowest BCUT2D eigenvalue weighted by atomic mass is 10.0. The van der Waals surface area contributed by atoms with E-state index in [2.05, 4.69) is 10.3 Å². The van der Waals surface area contributed by atoms with Gasteiger partial charge in [-0.05, 0) is 45.4 Å². The summed E-state index contributed by atoms with van der Waals surface area (Å²) < 4.78 is 10.5. The van der Waals surface area contributed by atoms with Gasteiger partial charge in [0.05, 0.1) is 13.2 Å². The van der Waals surface area contributed by atoms with Crippen LogP contribution in [0.25, 0.3) is 0 Å². The molecule has 0 atom stereocenters. The molecule has 1 aromatic heterocycles. The average molecular weight is 372 g/mol. The van der Waals surface area contributed by atoms with E-state index in [1.54, 1.807) is 18.7 Å². The van der Waals surface area contributed by atoms with Gasteiger partial charge in [0, 0.05) is 24.5 Å². The molecule has 0 saturated carbocycles. The summed E-state index contributed by atoms with van der Waals surface area (Å²) in [5.74, 6) is -0.140.